The van der Waals surface area contributed by atoms with E-state index in [9.17, 15) is 4.79 Å². The molecule has 1 N–H and O–H groups in total. The van der Waals surface area contributed by atoms with Gasteiger partial charge in [-0.05, 0) is 59.8 Å². The van der Waals surface area contributed by atoms with E-state index < -0.39 is 0 Å². The molecule has 2 aromatic rings. The van der Waals surface area contributed by atoms with Gasteiger partial charge in [-0.25, -0.2) is 4.98 Å². The van der Waals surface area contributed by atoms with Gasteiger partial charge in [-0.3, -0.25) is 4.79 Å². The molecule has 0 aliphatic carbocycles. The molecule has 0 aliphatic rings. The molecule has 0 fully saturated rings. The number of carbonyl (C=O) groups is 1. The zero-order chi connectivity index (χ0) is 14.0. The van der Waals surface area contributed by atoms with Gasteiger partial charge in [0.25, 0.3) is 5.91 Å². The van der Waals surface area contributed by atoms with E-state index in [2.05, 4.69) is 48.8 Å². The topological polar surface area (TPSA) is 42.0 Å². The molecule has 3 nitrogen and oxygen atoms in total. The minimum absolute atomic E-state index is 0.169. The highest BCUT2D eigenvalue weighted by Gasteiger charge is 2.12. The second kappa shape index (κ2) is 6.19. The second-order valence-electron chi connectivity index (χ2n) is 3.85. The second-order valence-corrected chi connectivity index (χ2v) is 6.31. The number of carbonyl (C=O) groups excluding carboxylic acids is 1. The first-order valence-corrected chi connectivity index (χ1v) is 7.62. The fourth-order valence-corrected chi connectivity index (χ4v) is 2.65. The van der Waals surface area contributed by atoms with Crippen LogP contribution in [0.4, 0.5) is 5.69 Å². The van der Waals surface area contributed by atoms with E-state index >= 15 is 0 Å². The van der Waals surface area contributed by atoms with Crippen LogP contribution in [0.5, 0.6) is 0 Å². The average Bonchev–Trinajstić information content (AvgIpc) is 2.35. The van der Waals surface area contributed by atoms with Gasteiger partial charge >= 0.3 is 0 Å². The molecule has 0 spiro atoms. The van der Waals surface area contributed by atoms with Gasteiger partial charge in [-0.2, -0.15) is 0 Å². The smallest absolute Gasteiger partial charge is 0.256 e. The van der Waals surface area contributed by atoms with Crippen LogP contribution in [0.2, 0.25) is 5.15 Å². The number of aryl methyl sites for hydroxylation is 1. The average molecular weight is 451 g/mol. The fraction of sp³-hybridized carbons (Fsp3) is 0.0769. The number of aromatic nitrogens is 1. The lowest BCUT2D eigenvalue weighted by Gasteiger charge is -2.09. The highest BCUT2D eigenvalue weighted by Crippen LogP contribution is 2.21. The van der Waals surface area contributed by atoms with Crippen molar-refractivity contribution in [3.05, 3.63) is 54.8 Å². The van der Waals surface area contributed by atoms with Crippen molar-refractivity contribution >= 4 is 61.7 Å². The number of amides is 1. The zero-order valence-electron chi connectivity index (χ0n) is 9.88. The van der Waals surface area contributed by atoms with Crippen molar-refractivity contribution < 1.29 is 4.79 Å². The third kappa shape index (κ3) is 3.67. The molecule has 0 atom stereocenters. The van der Waals surface area contributed by atoms with E-state index in [4.69, 9.17) is 11.6 Å². The number of nitrogens with one attached hydrogen (secondary N) is 1. The highest BCUT2D eigenvalue weighted by atomic mass is 127. The molecule has 2 rings (SSSR count). The Morgan fingerprint density at radius 3 is 2.79 bits per heavy atom. The molecule has 6 heteroatoms. The minimum Gasteiger partial charge on any atom is -0.320 e. The Labute approximate surface area is 138 Å². The van der Waals surface area contributed by atoms with Gasteiger partial charge in [0.05, 0.1) is 16.9 Å². The first-order chi connectivity index (χ1) is 8.97. The van der Waals surface area contributed by atoms with Crippen LogP contribution in [0.1, 0.15) is 16.1 Å². The predicted molar refractivity (Wildman–Crippen MR) is 88.8 cm³/mol. The molecular formula is C13H9BrClIN2O. The summed E-state index contributed by atoms with van der Waals surface area (Å²) in [5, 5.41) is 3.25. The van der Waals surface area contributed by atoms with Crippen molar-refractivity contribution in [2.75, 3.05) is 5.32 Å². The van der Waals surface area contributed by atoms with Gasteiger partial charge in [-0.15, -0.1) is 0 Å². The molecule has 0 unspecified atom stereocenters. The molecular weight excluding hydrogens is 442 g/mol. The SMILES string of the molecule is Cc1nc(Cl)ccc1NC(=O)c1cc(Br)ccc1I. The highest BCUT2D eigenvalue weighted by molar-refractivity contribution is 14.1. The summed E-state index contributed by atoms with van der Waals surface area (Å²) in [7, 11) is 0. The zero-order valence-corrected chi connectivity index (χ0v) is 14.4. The van der Waals surface area contributed by atoms with E-state index in [-0.39, 0.29) is 5.91 Å². The van der Waals surface area contributed by atoms with Crippen molar-refractivity contribution in [3.8, 4) is 0 Å². The molecule has 0 saturated carbocycles. The molecule has 0 bridgehead atoms. The Hall–Kier alpha value is -0.660. The van der Waals surface area contributed by atoms with E-state index in [1.807, 2.05) is 12.1 Å². The maximum absolute atomic E-state index is 12.2. The third-order valence-electron chi connectivity index (χ3n) is 2.47. The quantitative estimate of drug-likeness (QED) is 0.533. The maximum atomic E-state index is 12.2. The summed E-state index contributed by atoms with van der Waals surface area (Å²) in [6.45, 7) is 1.80. The summed E-state index contributed by atoms with van der Waals surface area (Å²) in [5.74, 6) is -0.169. The van der Waals surface area contributed by atoms with Crippen LogP contribution in [0, 0.1) is 10.5 Å². The summed E-state index contributed by atoms with van der Waals surface area (Å²) in [4.78, 5) is 16.3. The van der Waals surface area contributed by atoms with Crippen LogP contribution >= 0.6 is 50.1 Å². The Balaban J connectivity index is 2.28. The van der Waals surface area contributed by atoms with Gasteiger partial charge in [-0.1, -0.05) is 27.5 Å². The standard InChI is InChI=1S/C13H9BrClIN2O/c1-7-11(4-5-12(15)17-7)18-13(19)9-6-8(14)2-3-10(9)16/h2-6H,1H3,(H,18,19). The number of halogens is 3. The van der Waals surface area contributed by atoms with Crippen LogP contribution in [-0.4, -0.2) is 10.9 Å². The number of benzene rings is 1. The molecule has 98 valence electrons. The summed E-state index contributed by atoms with van der Waals surface area (Å²) in [6.07, 6.45) is 0. The molecule has 0 radical (unpaired) electrons. The third-order valence-corrected chi connectivity index (χ3v) is 4.12. The summed E-state index contributed by atoms with van der Waals surface area (Å²) < 4.78 is 1.75. The number of hydrogen-bond acceptors (Lipinski definition) is 2. The Bertz CT molecular complexity index is 649. The van der Waals surface area contributed by atoms with E-state index in [1.165, 1.54) is 0 Å². The van der Waals surface area contributed by atoms with E-state index in [0.717, 1.165) is 8.04 Å². The van der Waals surface area contributed by atoms with Gasteiger partial charge < -0.3 is 5.32 Å². The number of hydrogen-bond donors (Lipinski definition) is 1. The predicted octanol–water partition coefficient (Wildman–Crippen LogP) is 4.66. The lowest BCUT2D eigenvalue weighted by Crippen LogP contribution is -2.14. The van der Waals surface area contributed by atoms with Crippen LogP contribution in [0.3, 0.4) is 0 Å². The number of anilines is 1. The van der Waals surface area contributed by atoms with Crippen LogP contribution in [0.25, 0.3) is 0 Å². The Morgan fingerprint density at radius 2 is 2.11 bits per heavy atom. The Morgan fingerprint density at radius 1 is 1.37 bits per heavy atom. The van der Waals surface area contributed by atoms with Gasteiger partial charge in [0.2, 0.25) is 0 Å². The van der Waals surface area contributed by atoms with Crippen molar-refractivity contribution in [1.82, 2.24) is 4.98 Å². The summed E-state index contributed by atoms with van der Waals surface area (Å²) >= 11 is 11.3. The van der Waals surface area contributed by atoms with Crippen LogP contribution in [-0.2, 0) is 0 Å². The van der Waals surface area contributed by atoms with Gasteiger partial charge in [0.15, 0.2) is 0 Å². The van der Waals surface area contributed by atoms with Gasteiger partial charge in [0.1, 0.15) is 5.15 Å². The first-order valence-electron chi connectivity index (χ1n) is 5.37. The lowest BCUT2D eigenvalue weighted by molar-refractivity contribution is 0.102. The molecule has 0 saturated heterocycles. The number of rotatable bonds is 2. The normalized spacial score (nSPS) is 10.3. The van der Waals surface area contributed by atoms with E-state index in [1.54, 1.807) is 25.1 Å². The molecule has 1 aromatic carbocycles. The number of nitrogens with zero attached hydrogens (tertiary/aromatic N) is 1. The fourth-order valence-electron chi connectivity index (χ4n) is 1.52. The number of pyridine rings is 1. The van der Waals surface area contributed by atoms with Crippen LogP contribution < -0.4 is 5.32 Å². The molecule has 1 heterocycles. The molecule has 0 aliphatic heterocycles. The van der Waals surface area contributed by atoms with Crippen molar-refractivity contribution in [1.29, 1.82) is 0 Å². The summed E-state index contributed by atoms with van der Waals surface area (Å²) in [6, 6.07) is 8.96. The van der Waals surface area contributed by atoms with Crippen molar-refractivity contribution in [3.63, 3.8) is 0 Å². The lowest BCUT2D eigenvalue weighted by atomic mass is 10.2. The summed E-state index contributed by atoms with van der Waals surface area (Å²) in [5.41, 5.74) is 1.96. The Kier molecular flexibility index (Phi) is 4.81. The monoisotopic (exact) mass is 450 g/mol. The van der Waals surface area contributed by atoms with Crippen molar-refractivity contribution in [2.24, 2.45) is 0 Å². The van der Waals surface area contributed by atoms with E-state index in [0.29, 0.717) is 22.1 Å². The molecule has 19 heavy (non-hydrogen) atoms. The van der Waals surface area contributed by atoms with Crippen molar-refractivity contribution in [2.45, 2.75) is 6.92 Å². The first kappa shape index (κ1) is 14.7. The molecule has 1 amide bonds. The largest absolute Gasteiger partial charge is 0.320 e. The van der Waals surface area contributed by atoms with Gasteiger partial charge in [0, 0.05) is 8.04 Å². The maximum Gasteiger partial charge on any atom is 0.256 e. The molecule has 1 aromatic heterocycles. The minimum atomic E-state index is -0.169. The van der Waals surface area contributed by atoms with Crippen LogP contribution in [0.15, 0.2) is 34.8 Å².